The summed E-state index contributed by atoms with van der Waals surface area (Å²) in [5.74, 6) is 0. The number of anilines is 3. The van der Waals surface area contributed by atoms with Gasteiger partial charge in [0.25, 0.3) is 0 Å². The van der Waals surface area contributed by atoms with Crippen molar-refractivity contribution in [2.24, 2.45) is 0 Å². The van der Waals surface area contributed by atoms with Gasteiger partial charge in [0.2, 0.25) is 0 Å². The average molecular weight is 658 g/mol. The molecule has 234 valence electrons. The number of hydrogen-bond acceptors (Lipinski definition) is 4. The third kappa shape index (κ3) is 3.97. The van der Waals surface area contributed by atoms with Gasteiger partial charge in [-0.25, -0.2) is 0 Å². The fourth-order valence-corrected chi connectivity index (χ4v) is 9.07. The van der Waals surface area contributed by atoms with E-state index in [-0.39, 0.29) is 0 Å². The summed E-state index contributed by atoms with van der Waals surface area (Å²) >= 11 is 1.84. The SMILES string of the molecule is c1ccc(N(c2ccc3c(c2)oc2ccccc23)c2ccc(-c3cc4c5ccccc5oc4c4c3sc3ccccc34)c3ccccc23)cc1. The minimum atomic E-state index is 0.873. The lowest BCUT2D eigenvalue weighted by Crippen LogP contribution is -2.10. The predicted octanol–water partition coefficient (Wildman–Crippen LogP) is 14.1. The van der Waals surface area contributed by atoms with Crippen LogP contribution in [0.15, 0.2) is 173 Å². The van der Waals surface area contributed by atoms with E-state index in [1.807, 2.05) is 29.5 Å². The van der Waals surface area contributed by atoms with Crippen LogP contribution in [0.4, 0.5) is 17.1 Å². The summed E-state index contributed by atoms with van der Waals surface area (Å²) in [5.41, 5.74) is 9.29. The van der Waals surface area contributed by atoms with E-state index in [1.54, 1.807) is 0 Å². The number of thiophene rings is 1. The summed E-state index contributed by atoms with van der Waals surface area (Å²) in [4.78, 5) is 2.35. The van der Waals surface area contributed by atoms with Gasteiger partial charge in [0.15, 0.2) is 0 Å². The molecule has 0 amide bonds. The molecule has 0 aliphatic heterocycles. The van der Waals surface area contributed by atoms with E-state index in [4.69, 9.17) is 8.83 Å². The fourth-order valence-electron chi connectivity index (χ4n) is 7.84. The summed E-state index contributed by atoms with van der Waals surface area (Å²) in [5, 5.41) is 9.31. The number of fused-ring (bicyclic) bond motifs is 11. The molecule has 3 heterocycles. The van der Waals surface area contributed by atoms with Crippen LogP contribution < -0.4 is 4.90 Å². The molecule has 3 nitrogen and oxygen atoms in total. The molecule has 0 fully saturated rings. The topological polar surface area (TPSA) is 29.5 Å². The highest BCUT2D eigenvalue weighted by molar-refractivity contribution is 7.26. The van der Waals surface area contributed by atoms with Crippen molar-refractivity contribution < 1.29 is 8.83 Å². The van der Waals surface area contributed by atoms with Gasteiger partial charge in [-0.05, 0) is 65.5 Å². The molecule has 0 spiro atoms. The highest BCUT2D eigenvalue weighted by atomic mass is 32.1. The minimum absolute atomic E-state index is 0.873. The Morgan fingerprint density at radius 3 is 1.86 bits per heavy atom. The van der Waals surface area contributed by atoms with Gasteiger partial charge in [-0.1, -0.05) is 103 Å². The summed E-state index contributed by atoms with van der Waals surface area (Å²) in [6.07, 6.45) is 0. The molecule has 0 atom stereocenters. The predicted molar refractivity (Wildman–Crippen MR) is 212 cm³/mol. The van der Waals surface area contributed by atoms with E-state index in [0.29, 0.717) is 0 Å². The third-order valence-corrected chi connectivity index (χ3v) is 11.3. The molecule has 11 rings (SSSR count). The van der Waals surface area contributed by atoms with Crippen molar-refractivity contribution in [1.29, 1.82) is 0 Å². The maximum absolute atomic E-state index is 6.60. The van der Waals surface area contributed by atoms with E-state index in [2.05, 4.69) is 150 Å². The van der Waals surface area contributed by atoms with Crippen LogP contribution in [0.2, 0.25) is 0 Å². The molecule has 0 radical (unpaired) electrons. The number of hydrogen-bond donors (Lipinski definition) is 0. The van der Waals surface area contributed by atoms with Gasteiger partial charge < -0.3 is 13.7 Å². The van der Waals surface area contributed by atoms with Crippen molar-refractivity contribution in [1.82, 2.24) is 0 Å². The lowest BCUT2D eigenvalue weighted by Gasteiger charge is -2.27. The van der Waals surface area contributed by atoms with Gasteiger partial charge in [-0.2, -0.15) is 0 Å². The zero-order chi connectivity index (χ0) is 32.8. The second-order valence-electron chi connectivity index (χ2n) is 12.8. The van der Waals surface area contributed by atoms with E-state index in [9.17, 15) is 0 Å². The van der Waals surface area contributed by atoms with Gasteiger partial charge >= 0.3 is 0 Å². The fraction of sp³-hybridized carbons (Fsp3) is 0. The summed E-state index contributed by atoms with van der Waals surface area (Å²) < 4.78 is 15.5. The van der Waals surface area contributed by atoms with Crippen LogP contribution in [0.3, 0.4) is 0 Å². The molecule has 0 N–H and O–H groups in total. The van der Waals surface area contributed by atoms with Crippen molar-refractivity contribution in [3.63, 3.8) is 0 Å². The quantitative estimate of drug-likeness (QED) is 0.189. The maximum Gasteiger partial charge on any atom is 0.144 e. The Balaban J connectivity index is 1.19. The molecule has 0 unspecified atom stereocenters. The first-order chi connectivity index (χ1) is 24.8. The Kier molecular flexibility index (Phi) is 5.83. The molecule has 8 aromatic carbocycles. The summed E-state index contributed by atoms with van der Waals surface area (Å²) in [7, 11) is 0. The van der Waals surface area contributed by atoms with Crippen molar-refractivity contribution in [3.8, 4) is 11.1 Å². The molecule has 0 aliphatic rings. The highest BCUT2D eigenvalue weighted by Gasteiger charge is 2.23. The summed E-state index contributed by atoms with van der Waals surface area (Å²) in [6, 6.07) is 58.2. The van der Waals surface area contributed by atoms with Crippen molar-refractivity contribution in [2.45, 2.75) is 0 Å². The van der Waals surface area contributed by atoms with E-state index >= 15 is 0 Å². The monoisotopic (exact) mass is 657 g/mol. The van der Waals surface area contributed by atoms with Gasteiger partial charge in [-0.15, -0.1) is 11.3 Å². The largest absolute Gasteiger partial charge is 0.456 e. The zero-order valence-electron chi connectivity index (χ0n) is 26.8. The van der Waals surface area contributed by atoms with Gasteiger partial charge in [0.05, 0.1) is 5.69 Å². The molecule has 4 heteroatoms. The molecule has 0 bridgehead atoms. The third-order valence-electron chi connectivity index (χ3n) is 10.1. The van der Waals surface area contributed by atoms with Crippen LogP contribution in [-0.4, -0.2) is 0 Å². The number of nitrogens with zero attached hydrogens (tertiary/aromatic N) is 1. The Morgan fingerprint density at radius 1 is 0.400 bits per heavy atom. The Bertz CT molecular complexity index is 3110. The molecular formula is C46H27NO2S. The molecular weight excluding hydrogens is 631 g/mol. The smallest absolute Gasteiger partial charge is 0.144 e. The molecule has 3 aromatic heterocycles. The van der Waals surface area contributed by atoms with Crippen LogP contribution in [0.25, 0.3) is 85.9 Å². The Labute approximate surface area is 290 Å². The van der Waals surface area contributed by atoms with Crippen LogP contribution in [0, 0.1) is 0 Å². The van der Waals surface area contributed by atoms with Gasteiger partial charge in [0, 0.05) is 70.1 Å². The first-order valence-electron chi connectivity index (χ1n) is 16.8. The highest BCUT2D eigenvalue weighted by Crippen LogP contribution is 2.49. The summed E-state index contributed by atoms with van der Waals surface area (Å²) in [6.45, 7) is 0. The number of furan rings is 2. The number of rotatable bonds is 4. The standard InChI is InChI=1S/C46H27NO2S/c1-2-12-28(13-3-1)47(29-22-23-35-33-16-6-9-19-40(33)48-42(35)26-29)39-25-24-31(30-14-4-5-15-32(30)39)38-27-37-34-17-7-10-20-41(34)49-45(37)44-36-18-8-11-21-43(36)50-46(38)44/h1-27H. The number of para-hydroxylation sites is 3. The minimum Gasteiger partial charge on any atom is -0.456 e. The first-order valence-corrected chi connectivity index (χ1v) is 17.7. The molecule has 0 saturated carbocycles. The van der Waals surface area contributed by atoms with Crippen LogP contribution >= 0.6 is 11.3 Å². The van der Waals surface area contributed by atoms with E-state index in [1.165, 1.54) is 42.1 Å². The molecule has 0 aliphatic carbocycles. The second-order valence-corrected chi connectivity index (χ2v) is 13.9. The van der Waals surface area contributed by atoms with E-state index < -0.39 is 0 Å². The van der Waals surface area contributed by atoms with Crippen molar-refractivity contribution in [2.75, 3.05) is 4.90 Å². The first kappa shape index (κ1) is 27.6. The number of benzene rings is 8. The second kappa shape index (κ2) is 10.6. The molecule has 0 saturated heterocycles. The van der Waals surface area contributed by atoms with Gasteiger partial charge in [-0.3, -0.25) is 0 Å². The Hall–Kier alpha value is -6.36. The van der Waals surface area contributed by atoms with Crippen LogP contribution in [0.1, 0.15) is 0 Å². The lowest BCUT2D eigenvalue weighted by molar-refractivity contribution is 0.669. The van der Waals surface area contributed by atoms with Crippen molar-refractivity contribution >= 4 is 103 Å². The van der Waals surface area contributed by atoms with E-state index in [0.717, 1.165) is 60.9 Å². The van der Waals surface area contributed by atoms with Crippen LogP contribution in [0.5, 0.6) is 0 Å². The van der Waals surface area contributed by atoms with Gasteiger partial charge in [0.1, 0.15) is 22.3 Å². The van der Waals surface area contributed by atoms with Crippen molar-refractivity contribution in [3.05, 3.63) is 164 Å². The normalized spacial score (nSPS) is 12.0. The lowest BCUT2D eigenvalue weighted by atomic mass is 9.93. The zero-order valence-corrected chi connectivity index (χ0v) is 27.6. The molecule has 50 heavy (non-hydrogen) atoms. The maximum atomic E-state index is 6.60. The average Bonchev–Trinajstić information content (AvgIpc) is 3.86. The molecule has 11 aromatic rings. The van der Waals surface area contributed by atoms with Crippen LogP contribution in [-0.2, 0) is 0 Å². The Morgan fingerprint density at radius 2 is 1.04 bits per heavy atom.